The molecule has 0 bridgehead atoms. The number of pyridine rings is 1. The first-order valence-corrected chi connectivity index (χ1v) is 10.9. The highest BCUT2D eigenvalue weighted by Crippen LogP contribution is 2.34. The van der Waals surface area contributed by atoms with Gasteiger partial charge in [-0.15, -0.1) is 13.2 Å². The second-order valence-corrected chi connectivity index (χ2v) is 8.52. The van der Waals surface area contributed by atoms with E-state index in [4.69, 9.17) is 11.6 Å². The minimum Gasteiger partial charge on any atom is -0.406 e. The van der Waals surface area contributed by atoms with Gasteiger partial charge in [0.25, 0.3) is 5.91 Å². The maximum atomic E-state index is 12.8. The van der Waals surface area contributed by atoms with Gasteiger partial charge in [-0.05, 0) is 49.9 Å². The maximum absolute atomic E-state index is 12.8. The van der Waals surface area contributed by atoms with Crippen molar-refractivity contribution < 1.29 is 27.5 Å². The van der Waals surface area contributed by atoms with Crippen LogP contribution in [0.15, 0.2) is 36.5 Å². The summed E-state index contributed by atoms with van der Waals surface area (Å²) in [6, 6.07) is 6.73. The van der Waals surface area contributed by atoms with Crippen LogP contribution in [0.5, 0.6) is 5.75 Å². The van der Waals surface area contributed by atoms with E-state index in [0.717, 1.165) is 31.7 Å². The molecule has 2 aromatic rings. The van der Waals surface area contributed by atoms with Crippen molar-refractivity contribution in [3.63, 3.8) is 0 Å². The number of carbonyl (C=O) groups is 2. The SMILES string of the molecule is O=C(N[C@@H]1CCCN(c2ccc(OC(F)(F)F)cc2Cl)C1)c1ccnc(NC(=O)C2CC2)c1. The molecule has 1 atom stereocenters. The van der Waals surface area contributed by atoms with Crippen LogP contribution < -0.4 is 20.3 Å². The summed E-state index contributed by atoms with van der Waals surface area (Å²) in [4.78, 5) is 30.7. The molecular weight excluding hydrogens is 461 g/mol. The second-order valence-electron chi connectivity index (χ2n) is 8.11. The number of alkyl halides is 3. The Morgan fingerprint density at radius 3 is 2.64 bits per heavy atom. The molecule has 2 amide bonds. The molecule has 2 aliphatic rings. The number of halogens is 4. The van der Waals surface area contributed by atoms with Gasteiger partial charge in [0.1, 0.15) is 11.6 Å². The van der Waals surface area contributed by atoms with Crippen LogP contribution in [0, 0.1) is 5.92 Å². The van der Waals surface area contributed by atoms with Crippen molar-refractivity contribution in [2.24, 2.45) is 5.92 Å². The van der Waals surface area contributed by atoms with Crippen molar-refractivity contribution in [1.29, 1.82) is 0 Å². The van der Waals surface area contributed by atoms with E-state index in [1.54, 1.807) is 6.07 Å². The molecule has 0 unspecified atom stereocenters. The highest BCUT2D eigenvalue weighted by atomic mass is 35.5. The summed E-state index contributed by atoms with van der Waals surface area (Å²) in [6.45, 7) is 1.10. The zero-order chi connectivity index (χ0) is 23.6. The lowest BCUT2D eigenvalue weighted by molar-refractivity contribution is -0.274. The zero-order valence-electron chi connectivity index (χ0n) is 17.5. The molecule has 1 saturated heterocycles. The number of piperidine rings is 1. The number of nitrogens with one attached hydrogen (secondary N) is 2. The van der Waals surface area contributed by atoms with Gasteiger partial charge < -0.3 is 20.3 Å². The molecule has 1 saturated carbocycles. The molecule has 2 fully saturated rings. The van der Waals surface area contributed by atoms with E-state index in [1.165, 1.54) is 24.4 Å². The number of anilines is 2. The zero-order valence-corrected chi connectivity index (χ0v) is 18.2. The van der Waals surface area contributed by atoms with Crippen LogP contribution in [0.25, 0.3) is 0 Å². The number of ether oxygens (including phenoxy) is 1. The Bertz CT molecular complexity index is 1050. The lowest BCUT2D eigenvalue weighted by Crippen LogP contribution is -2.48. The number of rotatable bonds is 6. The quantitative estimate of drug-likeness (QED) is 0.638. The number of amides is 2. The molecule has 0 radical (unpaired) electrons. The molecule has 1 aromatic heterocycles. The molecule has 33 heavy (non-hydrogen) atoms. The summed E-state index contributed by atoms with van der Waals surface area (Å²) < 4.78 is 41.2. The van der Waals surface area contributed by atoms with E-state index < -0.39 is 6.36 Å². The Hall–Kier alpha value is -3.01. The molecule has 7 nitrogen and oxygen atoms in total. The van der Waals surface area contributed by atoms with Gasteiger partial charge in [0.05, 0.1) is 10.7 Å². The third kappa shape index (κ3) is 6.28. The summed E-state index contributed by atoms with van der Waals surface area (Å²) in [7, 11) is 0. The smallest absolute Gasteiger partial charge is 0.406 e. The van der Waals surface area contributed by atoms with Crippen molar-refractivity contribution in [2.75, 3.05) is 23.3 Å². The average molecular weight is 483 g/mol. The number of aromatic nitrogens is 1. The van der Waals surface area contributed by atoms with Crippen molar-refractivity contribution >= 4 is 34.9 Å². The van der Waals surface area contributed by atoms with E-state index >= 15 is 0 Å². The summed E-state index contributed by atoms with van der Waals surface area (Å²) in [5.74, 6) is -0.422. The van der Waals surface area contributed by atoms with E-state index in [9.17, 15) is 22.8 Å². The predicted molar refractivity (Wildman–Crippen MR) is 116 cm³/mol. The highest BCUT2D eigenvalue weighted by Gasteiger charge is 2.32. The summed E-state index contributed by atoms with van der Waals surface area (Å²) in [5, 5.41) is 5.83. The highest BCUT2D eigenvalue weighted by molar-refractivity contribution is 6.33. The van der Waals surface area contributed by atoms with Gasteiger partial charge in [0, 0.05) is 42.9 Å². The Balaban J connectivity index is 1.38. The third-order valence-electron chi connectivity index (χ3n) is 5.47. The number of benzene rings is 1. The molecule has 1 aromatic carbocycles. The van der Waals surface area contributed by atoms with E-state index in [-0.39, 0.29) is 34.5 Å². The van der Waals surface area contributed by atoms with Crippen LogP contribution >= 0.6 is 11.6 Å². The number of nitrogens with zero attached hydrogens (tertiary/aromatic N) is 2. The van der Waals surface area contributed by atoms with Gasteiger partial charge >= 0.3 is 6.36 Å². The fraction of sp³-hybridized carbons (Fsp3) is 0.409. The number of carbonyl (C=O) groups excluding carboxylic acids is 2. The van der Waals surface area contributed by atoms with Crippen molar-refractivity contribution in [1.82, 2.24) is 10.3 Å². The van der Waals surface area contributed by atoms with E-state index in [0.29, 0.717) is 30.2 Å². The molecule has 1 aliphatic carbocycles. The molecular formula is C22H22ClF3N4O3. The first-order valence-electron chi connectivity index (χ1n) is 10.6. The van der Waals surface area contributed by atoms with Crippen molar-refractivity contribution in [3.05, 3.63) is 47.1 Å². The molecule has 11 heteroatoms. The van der Waals surface area contributed by atoms with Gasteiger partial charge in [-0.25, -0.2) is 4.98 Å². The van der Waals surface area contributed by atoms with E-state index in [1.807, 2.05) is 4.90 Å². The fourth-order valence-electron chi connectivity index (χ4n) is 3.74. The number of hydrogen-bond acceptors (Lipinski definition) is 5. The normalized spacial score (nSPS) is 18.5. The van der Waals surface area contributed by atoms with Crippen LogP contribution in [0.3, 0.4) is 0 Å². The van der Waals surface area contributed by atoms with Gasteiger partial charge in [0.15, 0.2) is 0 Å². The minimum absolute atomic E-state index is 0.0263. The first-order chi connectivity index (χ1) is 15.7. The second kappa shape index (κ2) is 9.46. The van der Waals surface area contributed by atoms with Crippen LogP contribution in [0.4, 0.5) is 24.7 Å². The molecule has 4 rings (SSSR count). The van der Waals surface area contributed by atoms with Gasteiger partial charge in [-0.1, -0.05) is 11.6 Å². The molecule has 176 valence electrons. The van der Waals surface area contributed by atoms with Gasteiger partial charge in [-0.2, -0.15) is 0 Å². The third-order valence-corrected chi connectivity index (χ3v) is 5.77. The van der Waals surface area contributed by atoms with Crippen LogP contribution in [-0.4, -0.2) is 42.3 Å². The lowest BCUT2D eigenvalue weighted by atomic mass is 10.0. The standard InChI is InChI=1S/C22H22ClF3N4O3/c23-17-11-16(33-22(24,25)26)5-6-18(17)30-9-1-2-15(12-30)28-21(32)14-7-8-27-19(10-14)29-20(31)13-3-4-13/h5-8,10-11,13,15H,1-4,9,12H2,(H,28,32)(H,27,29,31)/t15-/m1/s1. The van der Waals surface area contributed by atoms with Crippen LogP contribution in [-0.2, 0) is 4.79 Å². The van der Waals surface area contributed by atoms with E-state index in [2.05, 4.69) is 20.4 Å². The van der Waals surface area contributed by atoms with Crippen molar-refractivity contribution in [2.45, 2.75) is 38.1 Å². The largest absolute Gasteiger partial charge is 0.573 e. The monoisotopic (exact) mass is 482 g/mol. The Labute approximate surface area is 193 Å². The Morgan fingerprint density at radius 1 is 1.15 bits per heavy atom. The lowest BCUT2D eigenvalue weighted by Gasteiger charge is -2.35. The first kappa shape index (κ1) is 23.2. The average Bonchev–Trinajstić information content (AvgIpc) is 3.58. The summed E-state index contributed by atoms with van der Waals surface area (Å²) in [6.07, 6.45) is -0.0843. The molecule has 0 spiro atoms. The Kier molecular flexibility index (Phi) is 6.64. The van der Waals surface area contributed by atoms with Crippen molar-refractivity contribution in [3.8, 4) is 5.75 Å². The topological polar surface area (TPSA) is 83.6 Å². The molecule has 2 heterocycles. The Morgan fingerprint density at radius 2 is 1.94 bits per heavy atom. The predicted octanol–water partition coefficient (Wildman–Crippen LogP) is 4.38. The maximum Gasteiger partial charge on any atom is 0.573 e. The summed E-state index contributed by atoms with van der Waals surface area (Å²) in [5.41, 5.74) is 0.944. The van der Waals surface area contributed by atoms with Gasteiger partial charge in [0.2, 0.25) is 5.91 Å². The van der Waals surface area contributed by atoms with Gasteiger partial charge in [-0.3, -0.25) is 9.59 Å². The summed E-state index contributed by atoms with van der Waals surface area (Å²) >= 11 is 6.21. The molecule has 2 N–H and O–H groups in total. The minimum atomic E-state index is -4.79. The fourth-order valence-corrected chi connectivity index (χ4v) is 4.03. The molecule has 1 aliphatic heterocycles. The van der Waals surface area contributed by atoms with Crippen LogP contribution in [0.1, 0.15) is 36.0 Å². The van der Waals surface area contributed by atoms with Crippen LogP contribution in [0.2, 0.25) is 5.02 Å². The number of hydrogen-bond donors (Lipinski definition) is 2.